The number of nitrogens with one attached hydrogen (secondary N) is 2. The molecule has 0 saturated carbocycles. The molecule has 2 unspecified atom stereocenters. The number of hydrogen-bond acceptors (Lipinski definition) is 16. The number of anilines is 1. The van der Waals surface area contributed by atoms with Crippen molar-refractivity contribution in [1.29, 1.82) is 0 Å². The van der Waals surface area contributed by atoms with E-state index >= 15 is 4.39 Å². The Labute approximate surface area is 253 Å². The lowest BCUT2D eigenvalue weighted by Crippen LogP contribution is -2.35. The summed E-state index contributed by atoms with van der Waals surface area (Å²) in [5, 5.41) is 9.42. The van der Waals surface area contributed by atoms with Crippen molar-refractivity contribution in [3.05, 3.63) is 39.7 Å². The molecule has 3 saturated heterocycles. The molecule has 7 heterocycles. The molecule has 6 N–H and O–H groups in total. The quantitative estimate of drug-likeness (QED) is 0.170. The van der Waals surface area contributed by atoms with Crippen LogP contribution in [0.15, 0.2) is 28.6 Å². The Balaban J connectivity index is 1.19. The van der Waals surface area contributed by atoms with E-state index in [9.17, 15) is 24.2 Å². The largest absolute Gasteiger partial charge is 0.697 e. The van der Waals surface area contributed by atoms with Crippen LogP contribution in [0.5, 0.6) is 0 Å². The number of aliphatic hydroxyl groups excluding tert-OH is 1. The van der Waals surface area contributed by atoms with Gasteiger partial charge < -0.3 is 30.0 Å². The third kappa shape index (κ3) is 5.18. The normalized spacial score (nSPS) is 35.8. The minimum absolute atomic E-state index is 0.0197. The van der Waals surface area contributed by atoms with Crippen LogP contribution < -0.4 is 16.9 Å². The molecule has 3 aliphatic heterocycles. The first-order valence-corrected chi connectivity index (χ1v) is 17.3. The summed E-state index contributed by atoms with van der Waals surface area (Å²) >= 11 is 6.30. The number of alkyl halides is 1. The number of rotatable bonds is 2. The highest BCUT2D eigenvalue weighted by Crippen LogP contribution is 2.55. The second-order valence-electron chi connectivity index (χ2n) is 9.82. The zero-order chi connectivity index (χ0) is 30.9. The molecular formula is C20H21FN9O10P2S2+. The molecule has 0 amide bonds. The molecule has 19 nitrogen and oxygen atoms in total. The lowest BCUT2D eigenvalue weighted by molar-refractivity contribution is -0.0445. The Bertz CT molecular complexity index is 1940. The molecule has 4 aromatic heterocycles. The second-order valence-corrected chi connectivity index (χ2v) is 14.9. The minimum atomic E-state index is -4.20. The van der Waals surface area contributed by atoms with Crippen molar-refractivity contribution in [2.24, 2.45) is 0 Å². The van der Waals surface area contributed by atoms with Gasteiger partial charge >= 0.3 is 15.0 Å². The van der Waals surface area contributed by atoms with Crippen molar-refractivity contribution in [3.8, 4) is 0 Å². The van der Waals surface area contributed by atoms with E-state index in [0.29, 0.717) is 0 Å². The number of aromatic nitrogens is 8. The third-order valence-electron chi connectivity index (χ3n) is 7.15. The number of nitrogens with zero attached hydrogens (tertiary/aromatic N) is 6. The van der Waals surface area contributed by atoms with E-state index < -0.39 is 80.1 Å². The van der Waals surface area contributed by atoms with Gasteiger partial charge in [0.15, 0.2) is 40.8 Å². The van der Waals surface area contributed by atoms with Crippen LogP contribution >= 0.6 is 26.7 Å². The fourth-order valence-corrected chi connectivity index (χ4v) is 9.05. The van der Waals surface area contributed by atoms with Crippen LogP contribution in [0.1, 0.15) is 11.6 Å². The van der Waals surface area contributed by atoms with Gasteiger partial charge in [-0.05, 0) is 11.8 Å². The molecule has 234 valence electrons. The maximum atomic E-state index is 15.8. The monoisotopic (exact) mass is 692 g/mol. The van der Waals surface area contributed by atoms with Gasteiger partial charge in [0.05, 0.1) is 36.9 Å². The predicted molar refractivity (Wildman–Crippen MR) is 152 cm³/mol. The molecule has 3 aliphatic rings. The van der Waals surface area contributed by atoms with Crippen molar-refractivity contribution >= 4 is 66.8 Å². The highest BCUT2D eigenvalue weighted by Gasteiger charge is 2.55. The van der Waals surface area contributed by atoms with Gasteiger partial charge in [-0.3, -0.25) is 28.2 Å². The van der Waals surface area contributed by atoms with E-state index in [1.807, 2.05) is 0 Å². The predicted octanol–water partition coefficient (Wildman–Crippen LogP) is -0.263. The summed E-state index contributed by atoms with van der Waals surface area (Å²) in [5.74, 6) is -0.182. The van der Waals surface area contributed by atoms with Crippen molar-refractivity contribution in [3.63, 3.8) is 0 Å². The van der Waals surface area contributed by atoms with Crippen LogP contribution in [0.2, 0.25) is 0 Å². The smallest absolute Gasteiger partial charge is 0.389 e. The molecule has 4 aromatic rings. The van der Waals surface area contributed by atoms with E-state index in [4.69, 9.17) is 40.4 Å². The van der Waals surface area contributed by atoms with Gasteiger partial charge in [-0.2, -0.15) is 4.98 Å². The fraction of sp³-hybridized carbons (Fsp3) is 0.500. The maximum absolute atomic E-state index is 15.8. The number of nitrogen functional groups attached to an aromatic ring is 1. The number of ether oxygens (including phenoxy) is 1. The first kappa shape index (κ1) is 29.9. The molecule has 10 atom stereocenters. The molecule has 24 heteroatoms. The molecule has 7 rings (SSSR count). The summed E-state index contributed by atoms with van der Waals surface area (Å²) < 4.78 is 59.3. The number of H-pyrrole nitrogens is 2. The minimum Gasteiger partial charge on any atom is -0.389 e. The number of aromatic amines is 2. The number of nitrogens with two attached hydrogens (primary N) is 1. The lowest BCUT2D eigenvalue weighted by Gasteiger charge is -2.27. The SMILES string of the molecule is Nc1nc2c(ncn2[C@@H]2S[C@@H]3CO[P+](=O)O[C@H]4[C@H](F)[C@H](n5cnc6c(=O)[nH]cnc65)O[C@@H]4COP(O)(=S)O[C@@H]2[C@@H]3O)c(=O)[nH]1. The highest BCUT2D eigenvalue weighted by molar-refractivity contribution is 8.07. The molecule has 0 aliphatic carbocycles. The third-order valence-corrected chi connectivity index (χ3v) is 11.0. The molecule has 0 spiro atoms. The van der Waals surface area contributed by atoms with Crippen molar-refractivity contribution < 1.29 is 41.8 Å². The molecule has 0 radical (unpaired) electrons. The summed E-state index contributed by atoms with van der Waals surface area (Å²) in [6.07, 6.45) is -5.38. The van der Waals surface area contributed by atoms with Gasteiger partial charge in [0.2, 0.25) is 5.95 Å². The van der Waals surface area contributed by atoms with Gasteiger partial charge in [-0.15, -0.1) is 20.8 Å². The van der Waals surface area contributed by atoms with E-state index in [1.165, 1.54) is 15.5 Å². The van der Waals surface area contributed by atoms with Crippen LogP contribution in [0.4, 0.5) is 10.3 Å². The zero-order valence-electron chi connectivity index (χ0n) is 21.8. The molecule has 2 bridgehead atoms. The number of imidazole rings is 2. The first-order chi connectivity index (χ1) is 21.0. The number of thioether (sulfide) groups is 1. The summed E-state index contributed by atoms with van der Waals surface area (Å²) in [4.78, 5) is 56.4. The number of aliphatic hydroxyl groups is 1. The van der Waals surface area contributed by atoms with Gasteiger partial charge in [0.1, 0.15) is 24.2 Å². The van der Waals surface area contributed by atoms with E-state index in [-0.39, 0.29) is 34.9 Å². The Morgan fingerprint density at radius 3 is 2.68 bits per heavy atom. The molecule has 3 fully saturated rings. The summed E-state index contributed by atoms with van der Waals surface area (Å²) in [6.45, 7) is -5.16. The standard InChI is InChI=1S/C20H20FN9O10P2S2/c21-8-12-6(38-18(8)29-4-25-9-14(29)23-3-24-16(9)32)1-37-42(35,43)40-13-11(31)7(2-36-41(34)39-12)44-19(13)30-5-26-10-15(30)27-20(22)28-17(10)33/h3-8,11-13,18-19,31H,1-2H2,(H4-,22,23,24,27,28,32,33,35,43)/p+1/t6-,7-,8+,11-,12-,13-,18-,19-,42?/m1/s1. The van der Waals surface area contributed by atoms with E-state index in [2.05, 4.69) is 29.9 Å². The van der Waals surface area contributed by atoms with Crippen LogP contribution in [-0.4, -0.2) is 98.1 Å². The number of halogens is 1. The van der Waals surface area contributed by atoms with Crippen molar-refractivity contribution in [1.82, 2.24) is 39.0 Å². The summed E-state index contributed by atoms with van der Waals surface area (Å²) in [7, 11) is -2.98. The van der Waals surface area contributed by atoms with E-state index in [1.54, 1.807) is 0 Å². The van der Waals surface area contributed by atoms with Crippen LogP contribution in [0, 0.1) is 0 Å². The Kier molecular flexibility index (Phi) is 7.65. The Hall–Kier alpha value is -2.75. The van der Waals surface area contributed by atoms with Crippen LogP contribution in [0.25, 0.3) is 22.3 Å². The van der Waals surface area contributed by atoms with Gasteiger partial charge in [-0.25, -0.2) is 19.3 Å². The van der Waals surface area contributed by atoms with Crippen LogP contribution in [0.3, 0.4) is 0 Å². The first-order valence-electron chi connectivity index (χ1n) is 12.7. The molecule has 0 aromatic carbocycles. The van der Waals surface area contributed by atoms with Crippen LogP contribution in [-0.2, 0) is 39.2 Å². The fourth-order valence-electron chi connectivity index (χ4n) is 5.17. The Morgan fingerprint density at radius 1 is 1.14 bits per heavy atom. The van der Waals surface area contributed by atoms with Gasteiger partial charge in [-0.1, -0.05) is 0 Å². The maximum Gasteiger partial charge on any atom is 0.697 e. The topological polar surface area (TPSA) is 257 Å². The van der Waals surface area contributed by atoms with E-state index in [0.717, 1.165) is 24.4 Å². The van der Waals surface area contributed by atoms with Crippen molar-refractivity contribution in [2.45, 2.75) is 47.4 Å². The average molecular weight is 693 g/mol. The average Bonchev–Trinajstić information content (AvgIpc) is 3.72. The number of fused-ring (bicyclic) bond motifs is 5. The highest BCUT2D eigenvalue weighted by atomic mass is 32.5. The zero-order valence-corrected chi connectivity index (χ0v) is 25.2. The van der Waals surface area contributed by atoms with Gasteiger partial charge in [0.25, 0.3) is 11.1 Å². The summed E-state index contributed by atoms with van der Waals surface area (Å²) in [6, 6.07) is 0. The molecular weight excluding hydrogens is 671 g/mol. The number of hydrogen-bond donors (Lipinski definition) is 5. The van der Waals surface area contributed by atoms with Gasteiger partial charge in [0, 0.05) is 4.57 Å². The van der Waals surface area contributed by atoms with Crippen molar-refractivity contribution in [2.75, 3.05) is 18.9 Å². The Morgan fingerprint density at radius 2 is 1.89 bits per heavy atom. The molecule has 44 heavy (non-hydrogen) atoms. The second kappa shape index (κ2) is 11.2. The summed E-state index contributed by atoms with van der Waals surface area (Å²) in [5.41, 5.74) is 4.55. The lowest BCUT2D eigenvalue weighted by atomic mass is 10.1.